The Morgan fingerprint density at radius 3 is 2.70 bits per heavy atom. The summed E-state index contributed by atoms with van der Waals surface area (Å²) in [6.07, 6.45) is -2.33. The Hall–Kier alpha value is -1.89. The highest BCUT2D eigenvalue weighted by atomic mass is 32.1. The number of amides is 1. The fourth-order valence-electron chi connectivity index (χ4n) is 2.67. The Balaban J connectivity index is 1.75. The molecule has 1 aliphatic heterocycles. The normalized spacial score (nSPS) is 18.9. The van der Waals surface area contributed by atoms with Crippen molar-refractivity contribution in [3.8, 4) is 10.6 Å². The number of hydrogen-bond acceptors (Lipinski definition) is 3. The van der Waals surface area contributed by atoms with Crippen LogP contribution in [-0.2, 0) is 0 Å². The molecule has 0 N–H and O–H groups in total. The van der Waals surface area contributed by atoms with Crippen molar-refractivity contribution in [2.75, 3.05) is 13.1 Å². The maximum atomic E-state index is 12.9. The van der Waals surface area contributed by atoms with Gasteiger partial charge in [0.1, 0.15) is 9.88 Å². The number of hydrogen-bond donors (Lipinski definition) is 0. The van der Waals surface area contributed by atoms with Gasteiger partial charge in [0, 0.05) is 18.7 Å². The predicted molar refractivity (Wildman–Crippen MR) is 82.2 cm³/mol. The van der Waals surface area contributed by atoms with E-state index in [1.165, 1.54) is 22.4 Å². The minimum absolute atomic E-state index is 0.0885. The molecule has 2 heterocycles. The predicted octanol–water partition coefficient (Wildman–Crippen LogP) is 4.22. The summed E-state index contributed by atoms with van der Waals surface area (Å²) in [5.74, 6) is -1.79. The Bertz CT molecular complexity index is 684. The van der Waals surface area contributed by atoms with Crippen LogP contribution in [0.1, 0.15) is 22.5 Å². The van der Waals surface area contributed by atoms with Gasteiger partial charge in [-0.25, -0.2) is 4.98 Å². The SMILES string of the molecule is O=C(c1cnc(-c2ccccc2)s1)N1CCC[C@H](C(F)(F)F)C1. The number of rotatable bonds is 2. The topological polar surface area (TPSA) is 33.2 Å². The number of likely N-dealkylation sites (tertiary alicyclic amines) is 1. The lowest BCUT2D eigenvalue weighted by molar-refractivity contribution is -0.184. The average molecular weight is 340 g/mol. The number of carbonyl (C=O) groups is 1. The zero-order chi connectivity index (χ0) is 16.4. The summed E-state index contributed by atoms with van der Waals surface area (Å²) in [5.41, 5.74) is 0.892. The number of aromatic nitrogens is 1. The lowest BCUT2D eigenvalue weighted by Gasteiger charge is -2.33. The molecule has 0 saturated carbocycles. The van der Waals surface area contributed by atoms with E-state index in [-0.39, 0.29) is 18.9 Å². The minimum Gasteiger partial charge on any atom is -0.337 e. The fourth-order valence-corrected chi connectivity index (χ4v) is 3.56. The molecule has 1 aromatic carbocycles. The monoisotopic (exact) mass is 340 g/mol. The van der Waals surface area contributed by atoms with Gasteiger partial charge in [0.05, 0.1) is 12.1 Å². The summed E-state index contributed by atoms with van der Waals surface area (Å²) in [5, 5.41) is 0.693. The van der Waals surface area contributed by atoms with Crippen LogP contribution in [0.2, 0.25) is 0 Å². The molecular weight excluding hydrogens is 325 g/mol. The smallest absolute Gasteiger partial charge is 0.337 e. The molecule has 0 bridgehead atoms. The van der Waals surface area contributed by atoms with Crippen molar-refractivity contribution in [2.45, 2.75) is 19.0 Å². The first-order valence-electron chi connectivity index (χ1n) is 7.32. The standard InChI is InChI=1S/C16H15F3N2OS/c17-16(18,19)12-7-4-8-21(10-12)15(22)13-9-20-14(23-13)11-5-2-1-3-6-11/h1-3,5-6,9,12H,4,7-8,10H2/t12-/m0/s1. The summed E-state index contributed by atoms with van der Waals surface area (Å²) >= 11 is 1.21. The second-order valence-electron chi connectivity index (χ2n) is 5.53. The summed E-state index contributed by atoms with van der Waals surface area (Å²) in [6, 6.07) is 9.39. The molecule has 3 nitrogen and oxygen atoms in total. The van der Waals surface area contributed by atoms with Crippen molar-refractivity contribution in [1.29, 1.82) is 0 Å². The van der Waals surface area contributed by atoms with Crippen LogP contribution in [0.25, 0.3) is 10.6 Å². The van der Waals surface area contributed by atoms with Crippen molar-refractivity contribution in [3.05, 3.63) is 41.4 Å². The molecule has 1 atom stereocenters. The van der Waals surface area contributed by atoms with Gasteiger partial charge < -0.3 is 4.90 Å². The van der Waals surface area contributed by atoms with Gasteiger partial charge in [-0.2, -0.15) is 13.2 Å². The van der Waals surface area contributed by atoms with Gasteiger partial charge in [0.25, 0.3) is 5.91 Å². The molecule has 1 amide bonds. The largest absolute Gasteiger partial charge is 0.393 e. The molecule has 0 spiro atoms. The fraction of sp³-hybridized carbons (Fsp3) is 0.375. The molecule has 0 aliphatic carbocycles. The van der Waals surface area contributed by atoms with Crippen LogP contribution in [0.15, 0.2) is 36.5 Å². The van der Waals surface area contributed by atoms with Gasteiger partial charge in [-0.3, -0.25) is 4.79 Å². The van der Waals surface area contributed by atoms with Gasteiger partial charge in [-0.1, -0.05) is 30.3 Å². The molecule has 1 aromatic heterocycles. The van der Waals surface area contributed by atoms with E-state index >= 15 is 0 Å². The van der Waals surface area contributed by atoms with Crippen LogP contribution in [0.5, 0.6) is 0 Å². The van der Waals surface area contributed by atoms with Crippen LogP contribution in [0.4, 0.5) is 13.2 Å². The Kier molecular flexibility index (Phi) is 4.39. The van der Waals surface area contributed by atoms with Gasteiger partial charge in [0.15, 0.2) is 0 Å². The van der Waals surface area contributed by atoms with E-state index in [2.05, 4.69) is 4.98 Å². The molecule has 0 unspecified atom stereocenters. The molecule has 1 saturated heterocycles. The maximum absolute atomic E-state index is 12.9. The van der Waals surface area contributed by atoms with E-state index in [1.807, 2.05) is 30.3 Å². The Labute approximate surface area is 135 Å². The number of alkyl halides is 3. The van der Waals surface area contributed by atoms with Crippen LogP contribution >= 0.6 is 11.3 Å². The highest BCUT2D eigenvalue weighted by Gasteiger charge is 2.42. The van der Waals surface area contributed by atoms with Gasteiger partial charge in [-0.15, -0.1) is 11.3 Å². The van der Waals surface area contributed by atoms with Gasteiger partial charge in [0.2, 0.25) is 0 Å². The number of carbonyl (C=O) groups excluding carboxylic acids is 1. The first kappa shape index (κ1) is 16.0. The van der Waals surface area contributed by atoms with Crippen LogP contribution in [0, 0.1) is 5.92 Å². The van der Waals surface area contributed by atoms with Crippen molar-refractivity contribution < 1.29 is 18.0 Å². The average Bonchev–Trinajstić information content (AvgIpc) is 3.04. The number of halogens is 3. The summed E-state index contributed by atoms with van der Waals surface area (Å²) in [6.45, 7) is 0.102. The Morgan fingerprint density at radius 1 is 1.26 bits per heavy atom. The lowest BCUT2D eigenvalue weighted by Crippen LogP contribution is -2.44. The third kappa shape index (κ3) is 3.55. The second kappa shape index (κ2) is 6.31. The highest BCUT2D eigenvalue weighted by molar-refractivity contribution is 7.16. The number of piperidine rings is 1. The third-order valence-electron chi connectivity index (χ3n) is 3.91. The summed E-state index contributed by atoms with van der Waals surface area (Å²) in [7, 11) is 0. The molecular formula is C16H15F3N2OS. The summed E-state index contributed by atoms with van der Waals surface area (Å²) < 4.78 is 38.6. The van der Waals surface area contributed by atoms with E-state index in [9.17, 15) is 18.0 Å². The first-order valence-corrected chi connectivity index (χ1v) is 8.14. The number of thiazole rings is 1. The summed E-state index contributed by atoms with van der Waals surface area (Å²) in [4.78, 5) is 18.3. The third-order valence-corrected chi connectivity index (χ3v) is 4.94. The first-order chi connectivity index (χ1) is 10.9. The molecule has 7 heteroatoms. The quantitative estimate of drug-likeness (QED) is 0.820. The zero-order valence-electron chi connectivity index (χ0n) is 12.2. The minimum atomic E-state index is -4.25. The Morgan fingerprint density at radius 2 is 2.00 bits per heavy atom. The molecule has 1 aliphatic rings. The van der Waals surface area contributed by atoms with Gasteiger partial charge >= 0.3 is 6.18 Å². The molecule has 23 heavy (non-hydrogen) atoms. The van der Waals surface area contributed by atoms with Crippen LogP contribution in [0.3, 0.4) is 0 Å². The zero-order valence-corrected chi connectivity index (χ0v) is 13.0. The van der Waals surface area contributed by atoms with E-state index in [0.29, 0.717) is 22.9 Å². The molecule has 2 aromatic rings. The van der Waals surface area contributed by atoms with E-state index in [0.717, 1.165) is 5.56 Å². The van der Waals surface area contributed by atoms with Crippen molar-refractivity contribution in [1.82, 2.24) is 9.88 Å². The maximum Gasteiger partial charge on any atom is 0.393 e. The van der Waals surface area contributed by atoms with E-state index in [4.69, 9.17) is 0 Å². The lowest BCUT2D eigenvalue weighted by atomic mass is 9.97. The molecule has 1 fully saturated rings. The second-order valence-corrected chi connectivity index (χ2v) is 6.56. The molecule has 122 valence electrons. The molecule has 3 rings (SSSR count). The van der Waals surface area contributed by atoms with E-state index in [1.54, 1.807) is 0 Å². The van der Waals surface area contributed by atoms with E-state index < -0.39 is 12.1 Å². The van der Waals surface area contributed by atoms with Crippen LogP contribution in [-0.4, -0.2) is 35.1 Å². The van der Waals surface area contributed by atoms with Crippen LogP contribution < -0.4 is 0 Å². The van der Waals surface area contributed by atoms with Gasteiger partial charge in [-0.05, 0) is 12.8 Å². The number of benzene rings is 1. The molecule has 0 radical (unpaired) electrons. The van der Waals surface area contributed by atoms with Crippen molar-refractivity contribution in [2.24, 2.45) is 5.92 Å². The highest BCUT2D eigenvalue weighted by Crippen LogP contribution is 2.34. The van der Waals surface area contributed by atoms with Crippen molar-refractivity contribution >= 4 is 17.2 Å². The van der Waals surface area contributed by atoms with Crippen molar-refractivity contribution in [3.63, 3.8) is 0 Å². The number of nitrogens with zero attached hydrogens (tertiary/aromatic N) is 2.